The fourth-order valence-corrected chi connectivity index (χ4v) is 1.38. The summed E-state index contributed by atoms with van der Waals surface area (Å²) >= 11 is 0. The maximum atomic E-state index is 13.1. The van der Waals surface area contributed by atoms with Crippen LogP contribution in [0, 0.1) is 11.7 Å². The maximum absolute atomic E-state index is 13.1. The SMILES string of the molecule is COc1ccc(F)cc1COC(=O)C(N)C(C)C. The highest BCUT2D eigenvalue weighted by Gasteiger charge is 2.19. The highest BCUT2D eigenvalue weighted by atomic mass is 19.1. The van der Waals surface area contributed by atoms with E-state index < -0.39 is 17.8 Å². The van der Waals surface area contributed by atoms with Crippen LogP contribution < -0.4 is 10.5 Å². The third kappa shape index (κ3) is 3.70. The topological polar surface area (TPSA) is 61.5 Å². The first-order valence-corrected chi connectivity index (χ1v) is 5.70. The van der Waals surface area contributed by atoms with E-state index >= 15 is 0 Å². The quantitative estimate of drug-likeness (QED) is 0.816. The van der Waals surface area contributed by atoms with Crippen molar-refractivity contribution in [3.63, 3.8) is 0 Å². The van der Waals surface area contributed by atoms with Gasteiger partial charge in [-0.15, -0.1) is 0 Å². The molecule has 100 valence electrons. The summed E-state index contributed by atoms with van der Waals surface area (Å²) in [5.41, 5.74) is 6.12. The van der Waals surface area contributed by atoms with Crippen LogP contribution in [-0.2, 0) is 16.1 Å². The van der Waals surface area contributed by atoms with Gasteiger partial charge >= 0.3 is 5.97 Å². The third-order valence-electron chi connectivity index (χ3n) is 2.60. The highest BCUT2D eigenvalue weighted by Crippen LogP contribution is 2.20. The number of hydrogen-bond acceptors (Lipinski definition) is 4. The molecule has 0 aromatic heterocycles. The maximum Gasteiger partial charge on any atom is 0.323 e. The normalized spacial score (nSPS) is 12.3. The van der Waals surface area contributed by atoms with Crippen molar-refractivity contribution in [1.82, 2.24) is 0 Å². The molecule has 18 heavy (non-hydrogen) atoms. The van der Waals surface area contributed by atoms with Gasteiger partial charge in [-0.2, -0.15) is 0 Å². The van der Waals surface area contributed by atoms with E-state index in [1.165, 1.54) is 25.3 Å². The number of methoxy groups -OCH3 is 1. The molecule has 4 nitrogen and oxygen atoms in total. The third-order valence-corrected chi connectivity index (χ3v) is 2.60. The Kier molecular flexibility index (Phi) is 5.09. The van der Waals surface area contributed by atoms with E-state index in [1.807, 2.05) is 13.8 Å². The van der Waals surface area contributed by atoms with Gasteiger partial charge in [-0.05, 0) is 24.1 Å². The molecule has 1 atom stereocenters. The van der Waals surface area contributed by atoms with E-state index in [0.29, 0.717) is 11.3 Å². The first-order chi connectivity index (χ1) is 8.45. The zero-order chi connectivity index (χ0) is 13.7. The lowest BCUT2D eigenvalue weighted by Gasteiger charge is -2.15. The predicted molar refractivity (Wildman–Crippen MR) is 65.6 cm³/mol. The molecule has 0 saturated heterocycles. The Morgan fingerprint density at radius 1 is 1.44 bits per heavy atom. The van der Waals surface area contributed by atoms with Gasteiger partial charge in [0.05, 0.1) is 7.11 Å². The van der Waals surface area contributed by atoms with Gasteiger partial charge in [-0.3, -0.25) is 4.79 Å². The summed E-state index contributed by atoms with van der Waals surface area (Å²) in [7, 11) is 1.47. The number of halogens is 1. The van der Waals surface area contributed by atoms with Crippen molar-refractivity contribution in [3.05, 3.63) is 29.6 Å². The summed E-state index contributed by atoms with van der Waals surface area (Å²) in [6.07, 6.45) is 0. The van der Waals surface area contributed by atoms with Crippen molar-refractivity contribution in [3.8, 4) is 5.75 Å². The molecule has 0 aliphatic carbocycles. The largest absolute Gasteiger partial charge is 0.496 e. The Morgan fingerprint density at radius 2 is 2.11 bits per heavy atom. The van der Waals surface area contributed by atoms with Gasteiger partial charge < -0.3 is 15.2 Å². The molecule has 1 rings (SSSR count). The fraction of sp³-hybridized carbons (Fsp3) is 0.462. The van der Waals surface area contributed by atoms with Crippen LogP contribution in [0.2, 0.25) is 0 Å². The number of esters is 1. The molecule has 1 unspecified atom stereocenters. The summed E-state index contributed by atoms with van der Waals surface area (Å²) in [5, 5.41) is 0. The van der Waals surface area contributed by atoms with Crippen molar-refractivity contribution in [2.75, 3.05) is 7.11 Å². The lowest BCUT2D eigenvalue weighted by molar-refractivity contribution is -0.147. The smallest absolute Gasteiger partial charge is 0.323 e. The summed E-state index contributed by atoms with van der Waals surface area (Å²) in [4.78, 5) is 11.6. The molecule has 0 heterocycles. The zero-order valence-corrected chi connectivity index (χ0v) is 10.8. The minimum absolute atomic E-state index is 0.00750. The Labute approximate surface area is 106 Å². The standard InChI is InChI=1S/C13H18FNO3/c1-8(2)12(15)13(16)18-7-9-6-10(14)4-5-11(9)17-3/h4-6,8,12H,7,15H2,1-3H3. The van der Waals surface area contributed by atoms with Crippen LogP contribution in [-0.4, -0.2) is 19.1 Å². The molecule has 0 saturated carbocycles. The predicted octanol–water partition coefficient (Wildman–Crippen LogP) is 1.86. The number of ether oxygens (including phenoxy) is 2. The van der Waals surface area contributed by atoms with Crippen LogP contribution >= 0.6 is 0 Å². The molecular weight excluding hydrogens is 237 g/mol. The van der Waals surface area contributed by atoms with Crippen molar-refractivity contribution < 1.29 is 18.7 Å². The van der Waals surface area contributed by atoms with Crippen LogP contribution in [0.4, 0.5) is 4.39 Å². The number of nitrogens with two attached hydrogens (primary N) is 1. The van der Waals surface area contributed by atoms with Crippen molar-refractivity contribution in [2.45, 2.75) is 26.5 Å². The van der Waals surface area contributed by atoms with Crippen LogP contribution in [0.1, 0.15) is 19.4 Å². The minimum Gasteiger partial charge on any atom is -0.496 e. The Morgan fingerprint density at radius 3 is 2.67 bits per heavy atom. The van der Waals surface area contributed by atoms with E-state index in [9.17, 15) is 9.18 Å². The molecule has 0 fully saturated rings. The number of carbonyl (C=O) groups is 1. The van der Waals surface area contributed by atoms with E-state index in [-0.39, 0.29) is 12.5 Å². The Balaban J connectivity index is 2.68. The van der Waals surface area contributed by atoms with E-state index in [1.54, 1.807) is 0 Å². The second-order valence-corrected chi connectivity index (χ2v) is 4.33. The van der Waals surface area contributed by atoms with Gasteiger partial charge in [0.25, 0.3) is 0 Å². The number of hydrogen-bond donors (Lipinski definition) is 1. The minimum atomic E-state index is -0.676. The van der Waals surface area contributed by atoms with Crippen molar-refractivity contribution in [1.29, 1.82) is 0 Å². The first kappa shape index (κ1) is 14.4. The first-order valence-electron chi connectivity index (χ1n) is 5.70. The molecule has 0 bridgehead atoms. The Hall–Kier alpha value is -1.62. The van der Waals surface area contributed by atoms with Crippen LogP contribution in [0.5, 0.6) is 5.75 Å². The Bertz CT molecular complexity index is 421. The van der Waals surface area contributed by atoms with E-state index in [0.717, 1.165) is 0 Å². The molecule has 0 amide bonds. The second kappa shape index (κ2) is 6.35. The van der Waals surface area contributed by atoms with Gasteiger partial charge in [0.2, 0.25) is 0 Å². The lowest BCUT2D eigenvalue weighted by atomic mass is 10.1. The summed E-state index contributed by atoms with van der Waals surface area (Å²) in [5.74, 6) is -0.444. The molecule has 0 radical (unpaired) electrons. The highest BCUT2D eigenvalue weighted by molar-refractivity contribution is 5.75. The van der Waals surface area contributed by atoms with Gasteiger partial charge in [-0.25, -0.2) is 4.39 Å². The van der Waals surface area contributed by atoms with E-state index in [2.05, 4.69) is 0 Å². The van der Waals surface area contributed by atoms with E-state index in [4.69, 9.17) is 15.2 Å². The van der Waals surface area contributed by atoms with Crippen LogP contribution in [0.3, 0.4) is 0 Å². The van der Waals surface area contributed by atoms with Gasteiger partial charge in [0.15, 0.2) is 0 Å². The lowest BCUT2D eigenvalue weighted by Crippen LogP contribution is -2.36. The van der Waals surface area contributed by atoms with Gasteiger partial charge in [-0.1, -0.05) is 13.8 Å². The van der Waals surface area contributed by atoms with Crippen molar-refractivity contribution in [2.24, 2.45) is 11.7 Å². The average Bonchev–Trinajstić information content (AvgIpc) is 2.35. The summed E-state index contributed by atoms with van der Waals surface area (Å²) in [6, 6.07) is 3.36. The van der Waals surface area contributed by atoms with Crippen LogP contribution in [0.25, 0.3) is 0 Å². The molecule has 0 aliphatic heterocycles. The second-order valence-electron chi connectivity index (χ2n) is 4.33. The molecule has 0 aliphatic rings. The molecule has 0 spiro atoms. The molecule has 1 aromatic rings. The fourth-order valence-electron chi connectivity index (χ4n) is 1.38. The number of carbonyl (C=O) groups excluding carboxylic acids is 1. The van der Waals surface area contributed by atoms with Gasteiger partial charge in [0.1, 0.15) is 24.2 Å². The molecule has 2 N–H and O–H groups in total. The van der Waals surface area contributed by atoms with Gasteiger partial charge in [0, 0.05) is 5.56 Å². The average molecular weight is 255 g/mol. The summed E-state index contributed by atoms with van der Waals surface area (Å²) in [6.45, 7) is 3.60. The molecule has 1 aromatic carbocycles. The number of rotatable bonds is 5. The number of benzene rings is 1. The monoisotopic (exact) mass is 255 g/mol. The van der Waals surface area contributed by atoms with Crippen molar-refractivity contribution >= 4 is 5.97 Å². The van der Waals surface area contributed by atoms with Crippen LogP contribution in [0.15, 0.2) is 18.2 Å². The summed E-state index contributed by atoms with van der Waals surface area (Å²) < 4.78 is 23.2. The zero-order valence-electron chi connectivity index (χ0n) is 10.8. The molecule has 5 heteroatoms. The molecular formula is C13H18FNO3.